The van der Waals surface area contributed by atoms with Gasteiger partial charge in [-0.3, -0.25) is 13.8 Å². The van der Waals surface area contributed by atoms with Crippen molar-refractivity contribution in [2.24, 2.45) is 0 Å². The molecule has 0 aliphatic heterocycles. The van der Waals surface area contributed by atoms with E-state index in [2.05, 4.69) is 10.0 Å². The normalized spacial score (nSPS) is 11.5. The van der Waals surface area contributed by atoms with E-state index >= 15 is 0 Å². The number of anilines is 3. The van der Waals surface area contributed by atoms with Crippen molar-refractivity contribution in [3.8, 4) is 5.75 Å². The van der Waals surface area contributed by atoms with E-state index in [1.807, 2.05) is 32.9 Å². The highest BCUT2D eigenvalue weighted by molar-refractivity contribution is 7.93. The van der Waals surface area contributed by atoms with Crippen LogP contribution in [0.15, 0.2) is 101 Å². The molecule has 0 fully saturated rings. The van der Waals surface area contributed by atoms with Crippen molar-refractivity contribution in [1.29, 1.82) is 0 Å². The van der Waals surface area contributed by atoms with Crippen LogP contribution in [-0.4, -0.2) is 36.4 Å². The molecule has 9 nitrogen and oxygen atoms in total. The molecule has 4 rings (SSSR count). The molecule has 4 aromatic rings. The number of amides is 1. The Morgan fingerprint density at radius 3 is 2.05 bits per heavy atom. The monoisotopic (exact) mass is 593 g/mol. The van der Waals surface area contributed by atoms with Crippen LogP contribution in [0.2, 0.25) is 0 Å². The van der Waals surface area contributed by atoms with Gasteiger partial charge in [-0.15, -0.1) is 0 Å². The van der Waals surface area contributed by atoms with Gasteiger partial charge in [0.1, 0.15) is 12.3 Å². The third kappa shape index (κ3) is 7.05. The molecule has 1 amide bonds. The molecule has 214 valence electrons. The molecule has 11 heteroatoms. The molecule has 0 unspecified atom stereocenters. The highest BCUT2D eigenvalue weighted by Gasteiger charge is 2.28. The van der Waals surface area contributed by atoms with Crippen molar-refractivity contribution in [1.82, 2.24) is 0 Å². The zero-order chi connectivity index (χ0) is 29.8. The van der Waals surface area contributed by atoms with E-state index in [1.54, 1.807) is 36.4 Å². The Labute approximate surface area is 240 Å². The van der Waals surface area contributed by atoms with Gasteiger partial charge in [0.05, 0.1) is 28.3 Å². The molecule has 41 heavy (non-hydrogen) atoms. The largest absolute Gasteiger partial charge is 0.497 e. The fraction of sp³-hybridized carbons (Fsp3) is 0.167. The zero-order valence-corrected chi connectivity index (χ0v) is 24.7. The summed E-state index contributed by atoms with van der Waals surface area (Å²) in [6.45, 7) is 5.06. The third-order valence-corrected chi connectivity index (χ3v) is 9.48. The first-order chi connectivity index (χ1) is 19.4. The summed E-state index contributed by atoms with van der Waals surface area (Å²) in [4.78, 5) is 13.1. The Kier molecular flexibility index (Phi) is 8.69. The fourth-order valence-corrected chi connectivity index (χ4v) is 6.64. The quantitative estimate of drug-likeness (QED) is 0.259. The van der Waals surface area contributed by atoms with Gasteiger partial charge >= 0.3 is 0 Å². The summed E-state index contributed by atoms with van der Waals surface area (Å²) in [5, 5.41) is 2.66. The first-order valence-corrected chi connectivity index (χ1v) is 15.5. The van der Waals surface area contributed by atoms with E-state index in [4.69, 9.17) is 4.74 Å². The zero-order valence-electron chi connectivity index (χ0n) is 23.1. The Bertz CT molecular complexity index is 1770. The summed E-state index contributed by atoms with van der Waals surface area (Å²) in [6, 6.07) is 23.8. The number of nitrogens with one attached hydrogen (secondary N) is 2. The summed E-state index contributed by atoms with van der Waals surface area (Å²) >= 11 is 0. The second kappa shape index (κ2) is 12.0. The van der Waals surface area contributed by atoms with Crippen molar-refractivity contribution in [2.75, 3.05) is 28.0 Å². The molecule has 0 radical (unpaired) electrons. The van der Waals surface area contributed by atoms with Gasteiger partial charge in [0, 0.05) is 11.8 Å². The standard InChI is InChI=1S/C30H31N3O6S2/c1-21-8-13-28(14-9-21)41(37,38)33(25-6-5-7-26(19-25)39-4)20-30(34)31-24-11-15-27(16-12-24)40(35,36)32-29-17-10-22(2)18-23(29)3/h5-19,32H,20H2,1-4H3,(H,31,34). The Morgan fingerprint density at radius 2 is 1.41 bits per heavy atom. The lowest BCUT2D eigenvalue weighted by atomic mass is 10.1. The smallest absolute Gasteiger partial charge is 0.264 e. The van der Waals surface area contributed by atoms with E-state index in [0.29, 0.717) is 17.1 Å². The second-order valence-electron chi connectivity index (χ2n) is 9.52. The summed E-state index contributed by atoms with van der Waals surface area (Å²) in [7, 11) is -6.52. The molecule has 0 aliphatic carbocycles. The number of aryl methyl sites for hydroxylation is 3. The minimum Gasteiger partial charge on any atom is -0.497 e. The highest BCUT2D eigenvalue weighted by Crippen LogP contribution is 2.28. The predicted octanol–water partition coefficient (Wildman–Crippen LogP) is 5.26. The number of hydrogen-bond acceptors (Lipinski definition) is 6. The number of hydrogen-bond donors (Lipinski definition) is 2. The van der Waals surface area contributed by atoms with Gasteiger partial charge in [-0.2, -0.15) is 0 Å². The van der Waals surface area contributed by atoms with Crippen molar-refractivity contribution >= 4 is 43.0 Å². The van der Waals surface area contributed by atoms with Crippen LogP contribution < -0.4 is 19.1 Å². The number of ether oxygens (including phenoxy) is 1. The maximum atomic E-state index is 13.6. The number of carbonyl (C=O) groups is 1. The SMILES string of the molecule is COc1cccc(N(CC(=O)Nc2ccc(S(=O)(=O)Nc3ccc(C)cc3C)cc2)S(=O)(=O)c2ccc(C)cc2)c1. The van der Waals surface area contributed by atoms with Gasteiger partial charge in [-0.25, -0.2) is 16.8 Å². The van der Waals surface area contributed by atoms with E-state index in [0.717, 1.165) is 21.0 Å². The van der Waals surface area contributed by atoms with Gasteiger partial charge < -0.3 is 10.1 Å². The van der Waals surface area contributed by atoms with Gasteiger partial charge in [0.15, 0.2) is 0 Å². The molecule has 0 aromatic heterocycles. The highest BCUT2D eigenvalue weighted by atomic mass is 32.2. The number of benzene rings is 4. The minimum absolute atomic E-state index is 0.00966. The van der Waals surface area contributed by atoms with Crippen molar-refractivity contribution in [3.63, 3.8) is 0 Å². The van der Waals surface area contributed by atoms with Crippen molar-refractivity contribution in [2.45, 2.75) is 30.6 Å². The number of methoxy groups -OCH3 is 1. The first-order valence-electron chi connectivity index (χ1n) is 12.6. The molecule has 0 heterocycles. The summed E-state index contributed by atoms with van der Waals surface area (Å²) in [6.07, 6.45) is 0. The van der Waals surface area contributed by atoms with E-state index in [-0.39, 0.29) is 15.5 Å². The van der Waals surface area contributed by atoms with Crippen LogP contribution in [0.1, 0.15) is 16.7 Å². The molecule has 0 bridgehead atoms. The molecular weight excluding hydrogens is 562 g/mol. The molecule has 4 aromatic carbocycles. The Morgan fingerprint density at radius 1 is 0.780 bits per heavy atom. The van der Waals surface area contributed by atoms with Crippen molar-refractivity contribution < 1.29 is 26.4 Å². The lowest BCUT2D eigenvalue weighted by molar-refractivity contribution is -0.114. The van der Waals surface area contributed by atoms with E-state index in [1.165, 1.54) is 49.6 Å². The average Bonchev–Trinajstić information content (AvgIpc) is 2.94. The van der Waals surface area contributed by atoms with E-state index < -0.39 is 32.5 Å². The van der Waals surface area contributed by atoms with Crippen LogP contribution >= 0.6 is 0 Å². The molecule has 0 saturated heterocycles. The molecular formula is C30H31N3O6S2. The molecule has 0 saturated carbocycles. The fourth-order valence-electron chi connectivity index (χ4n) is 4.10. The maximum absolute atomic E-state index is 13.6. The summed E-state index contributed by atoms with van der Waals surface area (Å²) < 4.78 is 61.9. The van der Waals surface area contributed by atoms with Gasteiger partial charge in [-0.05, 0) is 80.9 Å². The number of nitrogens with zero attached hydrogens (tertiary/aromatic N) is 1. The summed E-state index contributed by atoms with van der Waals surface area (Å²) in [5.74, 6) is -0.189. The summed E-state index contributed by atoms with van der Waals surface area (Å²) in [5.41, 5.74) is 3.73. The van der Waals surface area contributed by atoms with E-state index in [9.17, 15) is 21.6 Å². The van der Waals surface area contributed by atoms with Crippen LogP contribution in [0.25, 0.3) is 0 Å². The van der Waals surface area contributed by atoms with Crippen LogP contribution in [0.3, 0.4) is 0 Å². The Balaban J connectivity index is 1.54. The molecule has 0 aliphatic rings. The van der Waals surface area contributed by atoms with Gasteiger partial charge in [0.25, 0.3) is 20.0 Å². The Hall–Kier alpha value is -4.35. The third-order valence-electron chi connectivity index (χ3n) is 6.31. The van der Waals surface area contributed by atoms with Gasteiger partial charge in [0.2, 0.25) is 5.91 Å². The topological polar surface area (TPSA) is 122 Å². The predicted molar refractivity (Wildman–Crippen MR) is 161 cm³/mol. The second-order valence-corrected chi connectivity index (χ2v) is 13.1. The number of rotatable bonds is 10. The van der Waals surface area contributed by atoms with Crippen LogP contribution in [0.4, 0.5) is 17.1 Å². The van der Waals surface area contributed by atoms with Crippen molar-refractivity contribution in [3.05, 3.63) is 108 Å². The average molecular weight is 594 g/mol. The minimum atomic E-state index is -4.12. The molecule has 2 N–H and O–H groups in total. The van der Waals surface area contributed by atoms with Gasteiger partial charge in [-0.1, -0.05) is 41.5 Å². The van der Waals surface area contributed by atoms with Crippen LogP contribution in [-0.2, 0) is 24.8 Å². The molecule has 0 spiro atoms. The lowest BCUT2D eigenvalue weighted by Crippen LogP contribution is -2.38. The van der Waals surface area contributed by atoms with Crippen LogP contribution in [0, 0.1) is 20.8 Å². The first kappa shape index (κ1) is 29.6. The number of carbonyl (C=O) groups excluding carboxylic acids is 1. The number of sulfonamides is 2. The van der Waals surface area contributed by atoms with Crippen LogP contribution in [0.5, 0.6) is 5.75 Å². The molecule has 0 atom stereocenters. The maximum Gasteiger partial charge on any atom is 0.264 e. The lowest BCUT2D eigenvalue weighted by Gasteiger charge is -2.24.